The molecule has 17 heavy (non-hydrogen) atoms. The van der Waals surface area contributed by atoms with Gasteiger partial charge >= 0.3 is 5.97 Å². The average molecular weight is 257 g/mol. The van der Waals surface area contributed by atoms with E-state index >= 15 is 0 Å². The van der Waals surface area contributed by atoms with E-state index in [0.717, 1.165) is 0 Å². The molecule has 0 aliphatic carbocycles. The van der Waals surface area contributed by atoms with Crippen LogP contribution in [-0.2, 0) is 4.74 Å². The van der Waals surface area contributed by atoms with Gasteiger partial charge in [-0.3, -0.25) is 4.79 Å². The van der Waals surface area contributed by atoms with Crippen LogP contribution in [0, 0.1) is 0 Å². The van der Waals surface area contributed by atoms with Crippen LogP contribution in [0.1, 0.15) is 34.6 Å². The maximum Gasteiger partial charge on any atom is 0.342 e. The number of hydrogen-bond acceptors (Lipinski definition) is 4. The lowest BCUT2D eigenvalue weighted by molar-refractivity contribution is 0.0374. The van der Waals surface area contributed by atoms with Crippen LogP contribution in [0.5, 0.6) is 5.75 Å². The Morgan fingerprint density at radius 3 is 2.59 bits per heavy atom. The van der Waals surface area contributed by atoms with Crippen LogP contribution in [0.25, 0.3) is 0 Å². The lowest BCUT2D eigenvalue weighted by atomic mass is 10.1. The lowest BCUT2D eigenvalue weighted by Gasteiger charge is -2.09. The number of carbonyl (C=O) groups excluding carboxylic acids is 2. The minimum Gasteiger partial charge on any atom is -0.507 e. The van der Waals surface area contributed by atoms with Gasteiger partial charge in [-0.2, -0.15) is 0 Å². The Kier molecular flexibility index (Phi) is 4.52. The van der Waals surface area contributed by atoms with Gasteiger partial charge in [-0.15, -0.1) is 11.6 Å². The van der Waals surface area contributed by atoms with E-state index in [0.29, 0.717) is 0 Å². The van der Waals surface area contributed by atoms with Crippen LogP contribution in [0.15, 0.2) is 18.2 Å². The van der Waals surface area contributed by atoms with Gasteiger partial charge in [-0.1, -0.05) is 0 Å². The fourth-order valence-corrected chi connectivity index (χ4v) is 1.38. The number of hydrogen-bond donors (Lipinski definition) is 1. The molecule has 0 saturated carbocycles. The van der Waals surface area contributed by atoms with Gasteiger partial charge in [0.1, 0.15) is 11.3 Å². The number of carbonyl (C=O) groups is 2. The smallest absolute Gasteiger partial charge is 0.342 e. The summed E-state index contributed by atoms with van der Waals surface area (Å²) in [4.78, 5) is 23.0. The number of halogens is 1. The monoisotopic (exact) mass is 256 g/mol. The Bertz CT molecular complexity index is 440. The van der Waals surface area contributed by atoms with E-state index in [2.05, 4.69) is 0 Å². The van der Waals surface area contributed by atoms with Gasteiger partial charge in [0.15, 0.2) is 5.78 Å². The second-order valence-corrected chi connectivity index (χ2v) is 4.01. The van der Waals surface area contributed by atoms with Gasteiger partial charge < -0.3 is 9.84 Å². The van der Waals surface area contributed by atoms with E-state index in [1.165, 1.54) is 18.2 Å². The normalized spacial score (nSPS) is 10.4. The Morgan fingerprint density at radius 2 is 2.06 bits per heavy atom. The summed E-state index contributed by atoms with van der Waals surface area (Å²) >= 11 is 5.41. The largest absolute Gasteiger partial charge is 0.507 e. The Hall–Kier alpha value is -1.55. The highest BCUT2D eigenvalue weighted by Gasteiger charge is 2.16. The molecule has 0 aromatic heterocycles. The number of alkyl halides is 1. The average Bonchev–Trinajstić information content (AvgIpc) is 2.27. The molecular formula is C12H13ClO4. The summed E-state index contributed by atoms with van der Waals surface area (Å²) in [6.45, 7) is 3.39. The summed E-state index contributed by atoms with van der Waals surface area (Å²) in [5, 5.41) is 9.53. The first-order chi connectivity index (χ1) is 7.95. The Balaban J connectivity index is 3.06. The molecule has 92 valence electrons. The Labute approximate surface area is 104 Å². The third kappa shape index (κ3) is 3.46. The number of phenolic OH excluding ortho intramolecular Hbond substituents is 1. The highest BCUT2D eigenvalue weighted by molar-refractivity contribution is 6.30. The number of rotatable bonds is 4. The third-order valence-electron chi connectivity index (χ3n) is 2.00. The number of ether oxygens (including phenoxy) is 1. The molecule has 1 aromatic rings. The first-order valence-corrected chi connectivity index (χ1v) is 5.62. The van der Waals surface area contributed by atoms with E-state index < -0.39 is 5.97 Å². The van der Waals surface area contributed by atoms with E-state index in [-0.39, 0.29) is 34.6 Å². The van der Waals surface area contributed by atoms with Crippen molar-refractivity contribution in [1.29, 1.82) is 0 Å². The second-order valence-electron chi connectivity index (χ2n) is 3.74. The molecule has 0 unspecified atom stereocenters. The van der Waals surface area contributed by atoms with Crippen molar-refractivity contribution in [2.45, 2.75) is 20.0 Å². The molecule has 0 aliphatic rings. The minimum absolute atomic E-state index is 0.0327. The van der Waals surface area contributed by atoms with Crippen molar-refractivity contribution in [3.63, 3.8) is 0 Å². The van der Waals surface area contributed by atoms with Gasteiger partial charge in [-0.05, 0) is 32.0 Å². The van der Waals surface area contributed by atoms with Crippen molar-refractivity contribution >= 4 is 23.4 Å². The summed E-state index contributed by atoms with van der Waals surface area (Å²) in [5.74, 6) is -1.38. The molecule has 0 bridgehead atoms. The fraction of sp³-hybridized carbons (Fsp3) is 0.333. The minimum atomic E-state index is -0.665. The number of benzene rings is 1. The number of esters is 1. The summed E-state index contributed by atoms with van der Waals surface area (Å²) in [6.07, 6.45) is -0.297. The molecule has 4 nitrogen and oxygen atoms in total. The van der Waals surface area contributed by atoms with Crippen molar-refractivity contribution in [2.75, 3.05) is 5.88 Å². The number of ketones is 1. The molecule has 1 rings (SSSR count). The molecule has 0 saturated heterocycles. The van der Waals surface area contributed by atoms with E-state index in [9.17, 15) is 14.7 Å². The van der Waals surface area contributed by atoms with Crippen LogP contribution in [-0.4, -0.2) is 28.8 Å². The van der Waals surface area contributed by atoms with Crippen LogP contribution in [0.2, 0.25) is 0 Å². The standard InChI is InChI=1S/C12H13ClO4/c1-7(2)17-12(16)9-5-8(11(15)6-13)3-4-10(9)14/h3-5,7,14H,6H2,1-2H3. The second kappa shape index (κ2) is 5.68. The van der Waals surface area contributed by atoms with Gasteiger partial charge in [-0.25, -0.2) is 4.79 Å². The summed E-state index contributed by atoms with van der Waals surface area (Å²) in [7, 11) is 0. The molecule has 0 aliphatic heterocycles. The molecule has 0 spiro atoms. The van der Waals surface area contributed by atoms with Crippen LogP contribution in [0.3, 0.4) is 0 Å². The quantitative estimate of drug-likeness (QED) is 0.510. The molecule has 5 heteroatoms. The maximum atomic E-state index is 11.6. The van der Waals surface area contributed by atoms with E-state index in [4.69, 9.17) is 16.3 Å². The van der Waals surface area contributed by atoms with Crippen LogP contribution >= 0.6 is 11.6 Å². The first-order valence-electron chi connectivity index (χ1n) is 5.09. The zero-order valence-electron chi connectivity index (χ0n) is 9.57. The topological polar surface area (TPSA) is 63.6 Å². The Morgan fingerprint density at radius 1 is 1.41 bits per heavy atom. The maximum absolute atomic E-state index is 11.6. The number of aromatic hydroxyl groups is 1. The van der Waals surface area contributed by atoms with Crippen molar-refractivity contribution in [2.24, 2.45) is 0 Å². The third-order valence-corrected chi connectivity index (χ3v) is 2.25. The molecule has 0 heterocycles. The highest BCUT2D eigenvalue weighted by atomic mass is 35.5. The number of phenols is 1. The molecule has 1 aromatic carbocycles. The van der Waals surface area contributed by atoms with Crippen LogP contribution in [0.4, 0.5) is 0 Å². The van der Waals surface area contributed by atoms with Crippen LogP contribution < -0.4 is 0 Å². The van der Waals surface area contributed by atoms with Gasteiger partial charge in [0, 0.05) is 5.56 Å². The predicted octanol–water partition coefficient (Wildman–Crippen LogP) is 2.38. The summed E-state index contributed by atoms with van der Waals surface area (Å²) in [5.41, 5.74) is 0.239. The first kappa shape index (κ1) is 13.5. The van der Waals surface area contributed by atoms with Gasteiger partial charge in [0.2, 0.25) is 0 Å². The summed E-state index contributed by atoms with van der Waals surface area (Å²) < 4.78 is 4.94. The van der Waals surface area contributed by atoms with Crippen molar-refractivity contribution in [3.8, 4) is 5.75 Å². The van der Waals surface area contributed by atoms with E-state index in [1.807, 2.05) is 0 Å². The molecule has 1 N–H and O–H groups in total. The van der Waals surface area contributed by atoms with Crippen molar-refractivity contribution < 1.29 is 19.4 Å². The van der Waals surface area contributed by atoms with Crippen molar-refractivity contribution in [3.05, 3.63) is 29.3 Å². The number of Topliss-reactive ketones (excluding diaryl/α,β-unsaturated/α-hetero) is 1. The van der Waals surface area contributed by atoms with E-state index in [1.54, 1.807) is 13.8 Å². The molecule has 0 fully saturated rings. The lowest BCUT2D eigenvalue weighted by Crippen LogP contribution is -2.13. The fourth-order valence-electron chi connectivity index (χ4n) is 1.23. The highest BCUT2D eigenvalue weighted by Crippen LogP contribution is 2.20. The molecule has 0 atom stereocenters. The van der Waals surface area contributed by atoms with Gasteiger partial charge in [0.25, 0.3) is 0 Å². The van der Waals surface area contributed by atoms with Gasteiger partial charge in [0.05, 0.1) is 12.0 Å². The predicted molar refractivity (Wildman–Crippen MR) is 63.7 cm³/mol. The summed E-state index contributed by atoms with van der Waals surface area (Å²) in [6, 6.07) is 3.97. The SMILES string of the molecule is CC(C)OC(=O)c1cc(C(=O)CCl)ccc1O. The molecule has 0 radical (unpaired) electrons. The molecule has 0 amide bonds. The molecular weight excluding hydrogens is 244 g/mol. The van der Waals surface area contributed by atoms with Crippen molar-refractivity contribution in [1.82, 2.24) is 0 Å². The zero-order valence-corrected chi connectivity index (χ0v) is 10.3. The zero-order chi connectivity index (χ0) is 13.0.